The summed E-state index contributed by atoms with van der Waals surface area (Å²) >= 11 is 6.41. The molecule has 28 heavy (non-hydrogen) atoms. The van der Waals surface area contributed by atoms with Gasteiger partial charge in [0.1, 0.15) is 0 Å². The van der Waals surface area contributed by atoms with Gasteiger partial charge in [0.25, 0.3) is 5.91 Å². The van der Waals surface area contributed by atoms with Crippen molar-refractivity contribution >= 4 is 23.2 Å². The van der Waals surface area contributed by atoms with Crippen molar-refractivity contribution in [2.75, 3.05) is 32.8 Å². The molecule has 0 spiro atoms. The van der Waals surface area contributed by atoms with Gasteiger partial charge in [-0.25, -0.2) is 5.01 Å². The third-order valence-electron chi connectivity index (χ3n) is 5.36. The first kappa shape index (κ1) is 19.1. The van der Waals surface area contributed by atoms with Crippen LogP contribution in [0.2, 0.25) is 5.02 Å². The molecule has 1 saturated heterocycles. The lowest BCUT2D eigenvalue weighted by atomic mass is 9.95. The van der Waals surface area contributed by atoms with E-state index in [0.29, 0.717) is 31.2 Å². The van der Waals surface area contributed by atoms with Crippen LogP contribution in [-0.4, -0.2) is 54.4 Å². The van der Waals surface area contributed by atoms with E-state index >= 15 is 0 Å². The molecule has 2 aromatic carbocycles. The molecule has 0 N–H and O–H groups in total. The fourth-order valence-electron chi connectivity index (χ4n) is 3.82. The largest absolute Gasteiger partial charge is 0.379 e. The summed E-state index contributed by atoms with van der Waals surface area (Å²) in [6, 6.07) is 15.8. The number of carbonyl (C=O) groups is 1. The molecule has 1 fully saturated rings. The van der Waals surface area contributed by atoms with Crippen molar-refractivity contribution in [2.45, 2.75) is 19.4 Å². The first-order chi connectivity index (χ1) is 13.6. The van der Waals surface area contributed by atoms with Gasteiger partial charge in [0.2, 0.25) is 0 Å². The number of hydrogen-bond donors (Lipinski definition) is 0. The van der Waals surface area contributed by atoms with Crippen molar-refractivity contribution in [3.63, 3.8) is 0 Å². The highest BCUT2D eigenvalue weighted by Crippen LogP contribution is 2.35. The molecule has 2 heterocycles. The zero-order valence-corrected chi connectivity index (χ0v) is 16.7. The van der Waals surface area contributed by atoms with E-state index < -0.39 is 0 Å². The number of hydrazone groups is 1. The molecule has 146 valence electrons. The third kappa shape index (κ3) is 3.97. The van der Waals surface area contributed by atoms with Crippen molar-refractivity contribution in [1.82, 2.24) is 9.91 Å². The average molecular weight is 398 g/mol. The van der Waals surface area contributed by atoms with Crippen LogP contribution in [0.5, 0.6) is 0 Å². The van der Waals surface area contributed by atoms with Gasteiger partial charge in [-0.15, -0.1) is 0 Å². The minimum absolute atomic E-state index is 0.0113. The van der Waals surface area contributed by atoms with Gasteiger partial charge >= 0.3 is 0 Å². The highest BCUT2D eigenvalue weighted by Gasteiger charge is 2.35. The molecule has 1 unspecified atom stereocenters. The number of carbonyl (C=O) groups excluding carboxylic acids is 1. The molecule has 2 aliphatic rings. The van der Waals surface area contributed by atoms with Crippen LogP contribution in [0.4, 0.5) is 0 Å². The van der Waals surface area contributed by atoms with E-state index in [1.54, 1.807) is 5.01 Å². The monoisotopic (exact) mass is 397 g/mol. The van der Waals surface area contributed by atoms with Crippen molar-refractivity contribution in [3.8, 4) is 0 Å². The summed E-state index contributed by atoms with van der Waals surface area (Å²) in [6.45, 7) is 5.31. The molecule has 0 aromatic heterocycles. The maximum atomic E-state index is 13.2. The molecule has 0 aliphatic carbocycles. The van der Waals surface area contributed by atoms with Crippen LogP contribution in [-0.2, 0) is 9.53 Å². The summed E-state index contributed by atoms with van der Waals surface area (Å²) in [7, 11) is 0. The van der Waals surface area contributed by atoms with Crippen LogP contribution < -0.4 is 0 Å². The Balaban J connectivity index is 1.64. The highest BCUT2D eigenvalue weighted by molar-refractivity contribution is 6.34. The quantitative estimate of drug-likeness (QED) is 0.790. The molecule has 1 amide bonds. The fourth-order valence-corrected chi connectivity index (χ4v) is 4.07. The second kappa shape index (κ2) is 8.43. The Morgan fingerprint density at radius 3 is 2.61 bits per heavy atom. The molecule has 0 saturated carbocycles. The smallest absolute Gasteiger partial charge is 0.257 e. The maximum absolute atomic E-state index is 13.2. The van der Waals surface area contributed by atoms with Gasteiger partial charge in [-0.3, -0.25) is 9.69 Å². The fraction of sp³-hybridized carbons (Fsp3) is 0.364. The standard InChI is InChI=1S/C22H24ClN3O2/c1-16-6-2-3-7-17(16)21-14-20(18-8-4-5-9-19(18)23)24-26(21)22(27)15-25-10-12-28-13-11-25/h2-9,21H,10-15H2,1H3. The second-order valence-corrected chi connectivity index (χ2v) is 7.64. The zero-order valence-electron chi connectivity index (χ0n) is 16.0. The Hall–Kier alpha value is -2.21. The number of ether oxygens (including phenoxy) is 1. The molecular weight excluding hydrogens is 374 g/mol. The van der Waals surface area contributed by atoms with Gasteiger partial charge in [-0.05, 0) is 24.1 Å². The van der Waals surface area contributed by atoms with Crippen molar-refractivity contribution in [3.05, 3.63) is 70.2 Å². The third-order valence-corrected chi connectivity index (χ3v) is 5.69. The number of halogens is 1. The molecule has 0 radical (unpaired) electrons. The molecule has 2 aliphatic heterocycles. The van der Waals surface area contributed by atoms with Crippen LogP contribution in [0.1, 0.15) is 29.2 Å². The minimum Gasteiger partial charge on any atom is -0.379 e. The summed E-state index contributed by atoms with van der Waals surface area (Å²) in [5, 5.41) is 7.06. The summed E-state index contributed by atoms with van der Waals surface area (Å²) in [5.74, 6) is 0.0113. The molecule has 2 aromatic rings. The summed E-state index contributed by atoms with van der Waals surface area (Å²) in [5.41, 5.74) is 4.04. The predicted octanol–water partition coefficient (Wildman–Crippen LogP) is 3.66. The van der Waals surface area contributed by atoms with Gasteiger partial charge in [0.05, 0.1) is 31.5 Å². The Morgan fingerprint density at radius 2 is 1.86 bits per heavy atom. The molecule has 4 rings (SSSR count). The van der Waals surface area contributed by atoms with E-state index in [4.69, 9.17) is 21.4 Å². The second-order valence-electron chi connectivity index (χ2n) is 7.23. The molecule has 6 heteroatoms. The molecule has 0 bridgehead atoms. The van der Waals surface area contributed by atoms with Crippen LogP contribution >= 0.6 is 11.6 Å². The van der Waals surface area contributed by atoms with E-state index in [-0.39, 0.29) is 11.9 Å². The lowest BCUT2D eigenvalue weighted by molar-refractivity contribution is -0.135. The topological polar surface area (TPSA) is 45.1 Å². The minimum atomic E-state index is -0.110. The summed E-state index contributed by atoms with van der Waals surface area (Å²) in [4.78, 5) is 15.3. The summed E-state index contributed by atoms with van der Waals surface area (Å²) in [6.07, 6.45) is 0.656. The number of aryl methyl sites for hydroxylation is 1. The van der Waals surface area contributed by atoms with Crippen molar-refractivity contribution in [2.24, 2.45) is 5.10 Å². The lowest BCUT2D eigenvalue weighted by Gasteiger charge is -2.29. The lowest BCUT2D eigenvalue weighted by Crippen LogP contribution is -2.43. The van der Waals surface area contributed by atoms with Gasteiger partial charge in [-0.2, -0.15) is 5.10 Å². The molecule has 1 atom stereocenters. The normalized spacial score (nSPS) is 20.3. The van der Waals surface area contributed by atoms with Crippen LogP contribution in [0.3, 0.4) is 0 Å². The van der Waals surface area contributed by atoms with Crippen molar-refractivity contribution < 1.29 is 9.53 Å². The van der Waals surface area contributed by atoms with E-state index in [1.807, 2.05) is 36.4 Å². The molecule has 5 nitrogen and oxygen atoms in total. The number of nitrogens with zero attached hydrogens (tertiary/aromatic N) is 3. The number of hydrogen-bond acceptors (Lipinski definition) is 4. The summed E-state index contributed by atoms with van der Waals surface area (Å²) < 4.78 is 5.39. The van der Waals surface area contributed by atoms with Crippen LogP contribution in [0, 0.1) is 6.92 Å². The van der Waals surface area contributed by atoms with Crippen LogP contribution in [0.15, 0.2) is 53.6 Å². The van der Waals surface area contributed by atoms with Crippen molar-refractivity contribution in [1.29, 1.82) is 0 Å². The van der Waals surface area contributed by atoms with Gasteiger partial charge in [0.15, 0.2) is 0 Å². The number of morpholine rings is 1. The predicted molar refractivity (Wildman–Crippen MR) is 111 cm³/mol. The Kier molecular flexibility index (Phi) is 5.76. The Bertz CT molecular complexity index is 893. The average Bonchev–Trinajstić information content (AvgIpc) is 3.14. The van der Waals surface area contributed by atoms with Gasteiger partial charge in [0, 0.05) is 30.1 Å². The Labute approximate surface area is 170 Å². The molecular formula is C22H24ClN3O2. The number of benzene rings is 2. The van der Waals surface area contributed by atoms with E-state index in [1.165, 1.54) is 0 Å². The van der Waals surface area contributed by atoms with E-state index in [0.717, 1.165) is 35.5 Å². The number of rotatable bonds is 4. The first-order valence-corrected chi connectivity index (χ1v) is 10.0. The van der Waals surface area contributed by atoms with Crippen LogP contribution in [0.25, 0.3) is 0 Å². The van der Waals surface area contributed by atoms with E-state index in [9.17, 15) is 4.79 Å². The SMILES string of the molecule is Cc1ccccc1C1CC(c2ccccc2Cl)=NN1C(=O)CN1CCOCC1. The maximum Gasteiger partial charge on any atom is 0.257 e. The number of amides is 1. The zero-order chi connectivity index (χ0) is 19.5. The van der Waals surface area contributed by atoms with E-state index in [2.05, 4.69) is 24.0 Å². The first-order valence-electron chi connectivity index (χ1n) is 9.63. The highest BCUT2D eigenvalue weighted by atomic mass is 35.5. The van der Waals surface area contributed by atoms with Gasteiger partial charge < -0.3 is 4.74 Å². The Morgan fingerprint density at radius 1 is 1.14 bits per heavy atom. The van der Waals surface area contributed by atoms with Gasteiger partial charge in [-0.1, -0.05) is 54.1 Å².